The van der Waals surface area contributed by atoms with E-state index in [9.17, 15) is 9.90 Å². The summed E-state index contributed by atoms with van der Waals surface area (Å²) >= 11 is 0. The fraction of sp³-hybridized carbons (Fsp3) is 0.409. The summed E-state index contributed by atoms with van der Waals surface area (Å²) in [6, 6.07) is 8.94. The molecule has 1 unspecified atom stereocenters. The van der Waals surface area contributed by atoms with Crippen LogP contribution in [0.1, 0.15) is 16.8 Å². The number of ether oxygens (including phenoxy) is 4. The Bertz CT molecular complexity index is 823. The molecule has 7 heteroatoms. The largest absolute Gasteiger partial charge is 0.511 e. The molecule has 2 aliphatic rings. The Balaban J connectivity index is 1.97. The van der Waals surface area contributed by atoms with Gasteiger partial charge in [-0.2, -0.15) is 0 Å². The lowest BCUT2D eigenvalue weighted by Gasteiger charge is -2.46. The second-order valence-electron chi connectivity index (χ2n) is 6.76. The van der Waals surface area contributed by atoms with Crippen LogP contribution in [0.4, 0.5) is 0 Å². The number of morpholine rings is 1. The highest BCUT2D eigenvalue weighted by molar-refractivity contribution is 6.04. The van der Waals surface area contributed by atoms with Crippen LogP contribution in [0.3, 0.4) is 0 Å². The van der Waals surface area contributed by atoms with Crippen molar-refractivity contribution in [3.8, 4) is 0 Å². The van der Waals surface area contributed by atoms with Gasteiger partial charge in [0.25, 0.3) is 0 Å². The van der Waals surface area contributed by atoms with Crippen molar-refractivity contribution in [1.29, 1.82) is 0 Å². The van der Waals surface area contributed by atoms with Crippen molar-refractivity contribution < 1.29 is 28.8 Å². The molecule has 156 valence electrons. The Morgan fingerprint density at radius 3 is 2.41 bits per heavy atom. The van der Waals surface area contributed by atoms with E-state index in [-0.39, 0.29) is 18.0 Å². The molecule has 3 rings (SSSR count). The maximum absolute atomic E-state index is 12.4. The Hall–Kier alpha value is -2.61. The van der Waals surface area contributed by atoms with Gasteiger partial charge >= 0.3 is 0 Å². The van der Waals surface area contributed by atoms with Crippen LogP contribution in [0.5, 0.6) is 0 Å². The number of carbonyl (C=O) groups excluding carboxylic acids is 1. The Morgan fingerprint density at radius 2 is 1.83 bits per heavy atom. The number of nitrogens with zero attached hydrogens (tertiary/aromatic N) is 1. The van der Waals surface area contributed by atoms with Crippen LogP contribution in [0.25, 0.3) is 0 Å². The first-order valence-electron chi connectivity index (χ1n) is 9.48. The van der Waals surface area contributed by atoms with Crippen molar-refractivity contribution in [2.75, 3.05) is 47.6 Å². The first kappa shape index (κ1) is 21.1. The second kappa shape index (κ2) is 9.26. The SMILES string of the molecule is COC1=C(OC)C(OC)(N2CCOCC2)CC(O)=C1/C=C/C(=O)c1ccccc1. The van der Waals surface area contributed by atoms with Gasteiger partial charge < -0.3 is 24.1 Å². The smallest absolute Gasteiger partial charge is 0.190 e. The fourth-order valence-corrected chi connectivity index (χ4v) is 3.79. The van der Waals surface area contributed by atoms with Crippen molar-refractivity contribution in [2.24, 2.45) is 0 Å². The number of hydrogen-bond acceptors (Lipinski definition) is 7. The van der Waals surface area contributed by atoms with Gasteiger partial charge in [-0.15, -0.1) is 0 Å². The van der Waals surface area contributed by atoms with Crippen molar-refractivity contribution in [1.82, 2.24) is 4.90 Å². The third-order valence-corrected chi connectivity index (χ3v) is 5.25. The highest BCUT2D eigenvalue weighted by Crippen LogP contribution is 2.42. The van der Waals surface area contributed by atoms with E-state index in [0.29, 0.717) is 49.0 Å². The molecule has 0 saturated carbocycles. The minimum Gasteiger partial charge on any atom is -0.511 e. The summed E-state index contributed by atoms with van der Waals surface area (Å²) in [6.45, 7) is 2.38. The lowest BCUT2D eigenvalue weighted by atomic mass is 9.91. The van der Waals surface area contributed by atoms with Crippen molar-refractivity contribution in [2.45, 2.75) is 12.1 Å². The molecule has 1 aliphatic heterocycles. The molecule has 1 fully saturated rings. The van der Waals surface area contributed by atoms with Gasteiger partial charge in [0, 0.05) is 25.8 Å². The van der Waals surface area contributed by atoms with Crippen LogP contribution in [0.15, 0.2) is 65.3 Å². The molecule has 1 aliphatic carbocycles. The number of allylic oxidation sites excluding steroid dienone is 2. The molecule has 0 bridgehead atoms. The minimum absolute atomic E-state index is 0.0631. The van der Waals surface area contributed by atoms with E-state index in [1.165, 1.54) is 13.2 Å². The minimum atomic E-state index is -1.01. The van der Waals surface area contributed by atoms with Gasteiger partial charge in [0.15, 0.2) is 23.0 Å². The molecule has 1 aromatic carbocycles. The van der Waals surface area contributed by atoms with Gasteiger partial charge in [0.1, 0.15) is 5.76 Å². The van der Waals surface area contributed by atoms with E-state index in [4.69, 9.17) is 18.9 Å². The lowest BCUT2D eigenvalue weighted by molar-refractivity contribution is -0.166. The zero-order valence-corrected chi connectivity index (χ0v) is 17.0. The molecule has 7 nitrogen and oxygen atoms in total. The van der Waals surface area contributed by atoms with E-state index in [1.54, 1.807) is 44.6 Å². The summed E-state index contributed by atoms with van der Waals surface area (Å²) in [5.74, 6) is 0.681. The third-order valence-electron chi connectivity index (χ3n) is 5.25. The Kier molecular flexibility index (Phi) is 6.74. The normalized spacial score (nSPS) is 23.6. The zero-order valence-electron chi connectivity index (χ0n) is 17.0. The summed E-state index contributed by atoms with van der Waals surface area (Å²) in [4.78, 5) is 14.5. The predicted molar refractivity (Wildman–Crippen MR) is 107 cm³/mol. The number of methoxy groups -OCH3 is 3. The van der Waals surface area contributed by atoms with Gasteiger partial charge in [-0.1, -0.05) is 30.3 Å². The van der Waals surface area contributed by atoms with Crippen LogP contribution in [-0.2, 0) is 18.9 Å². The monoisotopic (exact) mass is 401 g/mol. The standard InChI is InChI=1S/C22H27NO6/c1-26-20-17(9-10-18(24)16-7-5-4-6-8-16)19(25)15-22(28-3,21(20)27-2)23-11-13-29-14-12-23/h4-10,25H,11-15H2,1-3H3/b10-9+. The zero-order chi connectivity index (χ0) is 20.9. The molecule has 1 atom stereocenters. The quantitative estimate of drug-likeness (QED) is 0.556. The summed E-state index contributed by atoms with van der Waals surface area (Å²) in [6.07, 6.45) is 3.14. The van der Waals surface area contributed by atoms with E-state index < -0.39 is 5.72 Å². The first-order valence-corrected chi connectivity index (χ1v) is 9.48. The number of rotatable bonds is 7. The lowest BCUT2D eigenvalue weighted by Crippen LogP contribution is -2.57. The number of hydrogen-bond donors (Lipinski definition) is 1. The molecule has 1 saturated heterocycles. The van der Waals surface area contributed by atoms with Crippen molar-refractivity contribution >= 4 is 5.78 Å². The second-order valence-corrected chi connectivity index (χ2v) is 6.76. The number of aliphatic hydroxyl groups is 1. The molecule has 1 N–H and O–H groups in total. The highest BCUT2D eigenvalue weighted by Gasteiger charge is 2.49. The van der Waals surface area contributed by atoms with Gasteiger partial charge in [-0.05, 0) is 12.2 Å². The van der Waals surface area contributed by atoms with Gasteiger partial charge in [0.2, 0.25) is 0 Å². The van der Waals surface area contributed by atoms with Crippen molar-refractivity contribution in [3.05, 3.63) is 70.9 Å². The molecule has 1 heterocycles. The molecule has 0 amide bonds. The van der Waals surface area contributed by atoms with Gasteiger partial charge in [-0.3, -0.25) is 9.69 Å². The number of aliphatic hydroxyl groups excluding tert-OH is 1. The third kappa shape index (κ3) is 4.07. The van der Waals surface area contributed by atoms with E-state index in [0.717, 1.165) is 0 Å². The molecule has 1 aromatic rings. The van der Waals surface area contributed by atoms with Crippen LogP contribution in [0, 0.1) is 0 Å². The van der Waals surface area contributed by atoms with Crippen LogP contribution in [0.2, 0.25) is 0 Å². The fourth-order valence-electron chi connectivity index (χ4n) is 3.79. The van der Waals surface area contributed by atoms with Gasteiger partial charge in [0.05, 0.1) is 39.4 Å². The number of benzene rings is 1. The maximum Gasteiger partial charge on any atom is 0.190 e. The van der Waals surface area contributed by atoms with Crippen LogP contribution >= 0.6 is 0 Å². The highest BCUT2D eigenvalue weighted by atomic mass is 16.6. The average molecular weight is 401 g/mol. The number of ketones is 1. The molecular formula is C22H27NO6. The van der Waals surface area contributed by atoms with Crippen LogP contribution < -0.4 is 0 Å². The molecule has 0 aromatic heterocycles. The number of carbonyl (C=O) groups is 1. The summed E-state index contributed by atoms with van der Waals surface area (Å²) in [5, 5.41) is 10.9. The molecule has 0 spiro atoms. The molecule has 29 heavy (non-hydrogen) atoms. The Morgan fingerprint density at radius 1 is 1.14 bits per heavy atom. The maximum atomic E-state index is 12.4. The first-order chi connectivity index (χ1) is 14.1. The topological polar surface area (TPSA) is 77.5 Å². The summed E-state index contributed by atoms with van der Waals surface area (Å²) in [7, 11) is 4.62. The predicted octanol–water partition coefficient (Wildman–Crippen LogP) is 2.82. The average Bonchev–Trinajstić information content (AvgIpc) is 2.78. The van der Waals surface area contributed by atoms with Crippen molar-refractivity contribution in [3.63, 3.8) is 0 Å². The van der Waals surface area contributed by atoms with Crippen LogP contribution in [-0.4, -0.2) is 69.1 Å². The molecular weight excluding hydrogens is 374 g/mol. The van der Waals surface area contributed by atoms with E-state index in [1.807, 2.05) is 6.07 Å². The molecule has 0 radical (unpaired) electrons. The summed E-state index contributed by atoms with van der Waals surface area (Å²) in [5.41, 5.74) is -0.0435. The summed E-state index contributed by atoms with van der Waals surface area (Å²) < 4.78 is 22.6. The van der Waals surface area contributed by atoms with E-state index in [2.05, 4.69) is 4.90 Å². The Labute approximate surface area is 170 Å². The van der Waals surface area contributed by atoms with Gasteiger partial charge in [-0.25, -0.2) is 0 Å². The van der Waals surface area contributed by atoms with E-state index >= 15 is 0 Å².